The summed E-state index contributed by atoms with van der Waals surface area (Å²) in [5.74, 6) is 0.949. The van der Waals surface area contributed by atoms with Crippen LogP contribution in [-0.2, 0) is 0 Å². The van der Waals surface area contributed by atoms with E-state index in [1.54, 1.807) is 12.3 Å². The minimum absolute atomic E-state index is 0.0522. The molecule has 0 saturated carbocycles. The van der Waals surface area contributed by atoms with Crippen molar-refractivity contribution in [3.63, 3.8) is 0 Å². The number of nitrogens with one attached hydrogen (secondary N) is 2. The van der Waals surface area contributed by atoms with Gasteiger partial charge in [-0.05, 0) is 24.3 Å². The van der Waals surface area contributed by atoms with Crippen LogP contribution in [0.4, 0.5) is 5.82 Å². The van der Waals surface area contributed by atoms with E-state index in [9.17, 15) is 4.79 Å². The van der Waals surface area contributed by atoms with E-state index >= 15 is 0 Å². The van der Waals surface area contributed by atoms with Gasteiger partial charge >= 0.3 is 0 Å². The van der Waals surface area contributed by atoms with E-state index in [0.29, 0.717) is 28.9 Å². The van der Waals surface area contributed by atoms with Crippen molar-refractivity contribution in [3.8, 4) is 0 Å². The Balaban J connectivity index is 2.71. The number of halogens is 1. The van der Waals surface area contributed by atoms with Crippen molar-refractivity contribution in [2.45, 2.75) is 34.6 Å². The highest BCUT2D eigenvalue weighted by atomic mass is 35.5. The number of anilines is 1. The molecule has 0 spiro atoms. The molecule has 5 heteroatoms. The molecule has 0 aromatic carbocycles. The summed E-state index contributed by atoms with van der Waals surface area (Å²) in [5.41, 5.74) is 0.535. The fourth-order valence-electron chi connectivity index (χ4n) is 1.47. The third-order valence-electron chi connectivity index (χ3n) is 3.72. The molecule has 0 fully saturated rings. The minimum Gasteiger partial charge on any atom is -0.369 e. The number of pyridine rings is 1. The predicted molar refractivity (Wildman–Crippen MR) is 84.4 cm³/mol. The molecule has 1 aromatic rings. The molecule has 0 bridgehead atoms. The van der Waals surface area contributed by atoms with Crippen LogP contribution >= 0.6 is 11.6 Å². The molecular formula is C15H24ClN3O. The fourth-order valence-corrected chi connectivity index (χ4v) is 1.71. The quantitative estimate of drug-likeness (QED) is 0.844. The first-order chi connectivity index (χ1) is 9.27. The zero-order chi connectivity index (χ0) is 15.3. The summed E-state index contributed by atoms with van der Waals surface area (Å²) in [7, 11) is 0. The van der Waals surface area contributed by atoms with E-state index < -0.39 is 0 Å². The summed E-state index contributed by atoms with van der Waals surface area (Å²) in [6, 6.07) is 1.64. The summed E-state index contributed by atoms with van der Waals surface area (Å²) in [6.45, 7) is 11.9. The van der Waals surface area contributed by atoms with Crippen molar-refractivity contribution in [3.05, 3.63) is 22.8 Å². The highest BCUT2D eigenvalue weighted by Crippen LogP contribution is 2.25. The van der Waals surface area contributed by atoms with Crippen LogP contribution in [0.25, 0.3) is 0 Å². The first-order valence-corrected chi connectivity index (χ1v) is 7.33. The Morgan fingerprint density at radius 1 is 1.45 bits per heavy atom. The molecule has 1 rings (SSSR count). The first kappa shape index (κ1) is 16.8. The van der Waals surface area contributed by atoms with Crippen LogP contribution in [0.2, 0.25) is 5.02 Å². The number of rotatable bonds is 6. The molecule has 2 N–H and O–H groups in total. The second-order valence-corrected chi connectivity index (χ2v) is 6.32. The van der Waals surface area contributed by atoms with Crippen molar-refractivity contribution < 1.29 is 4.79 Å². The van der Waals surface area contributed by atoms with Gasteiger partial charge in [-0.25, -0.2) is 4.98 Å². The molecule has 1 aromatic heterocycles. The number of amides is 1. The summed E-state index contributed by atoms with van der Waals surface area (Å²) < 4.78 is 0. The molecule has 1 amide bonds. The Morgan fingerprint density at radius 2 is 2.10 bits per heavy atom. The van der Waals surface area contributed by atoms with Gasteiger partial charge in [0.2, 0.25) is 0 Å². The molecule has 0 aliphatic heterocycles. The van der Waals surface area contributed by atoms with Crippen LogP contribution in [0.15, 0.2) is 12.3 Å². The largest absolute Gasteiger partial charge is 0.369 e. The van der Waals surface area contributed by atoms with E-state index in [4.69, 9.17) is 11.6 Å². The molecule has 0 atom stereocenters. The SMILES string of the molecule is CCNc1ncc(C(=O)NCC(C)(C)C(C)C)cc1Cl. The molecule has 4 nitrogen and oxygen atoms in total. The zero-order valence-corrected chi connectivity index (χ0v) is 13.6. The normalized spacial score (nSPS) is 11.6. The molecule has 0 aliphatic carbocycles. The van der Waals surface area contributed by atoms with Crippen LogP contribution < -0.4 is 10.6 Å². The van der Waals surface area contributed by atoms with Crippen molar-refractivity contribution in [2.75, 3.05) is 18.4 Å². The standard InChI is InChI=1S/C15H24ClN3O/c1-6-17-13-12(16)7-11(8-18-13)14(20)19-9-15(4,5)10(2)3/h7-8,10H,6,9H2,1-5H3,(H,17,18)(H,19,20). The van der Waals surface area contributed by atoms with Crippen LogP contribution in [-0.4, -0.2) is 24.0 Å². The van der Waals surface area contributed by atoms with Gasteiger partial charge in [-0.2, -0.15) is 0 Å². The predicted octanol–water partition coefficient (Wildman–Crippen LogP) is 3.58. The highest BCUT2D eigenvalue weighted by molar-refractivity contribution is 6.33. The summed E-state index contributed by atoms with van der Waals surface area (Å²) in [4.78, 5) is 16.3. The summed E-state index contributed by atoms with van der Waals surface area (Å²) >= 11 is 6.09. The van der Waals surface area contributed by atoms with E-state index in [2.05, 4.69) is 43.3 Å². The van der Waals surface area contributed by atoms with E-state index in [1.165, 1.54) is 0 Å². The third kappa shape index (κ3) is 4.37. The van der Waals surface area contributed by atoms with Crippen LogP contribution in [0.1, 0.15) is 45.0 Å². The lowest BCUT2D eigenvalue weighted by Crippen LogP contribution is -2.37. The Morgan fingerprint density at radius 3 is 2.60 bits per heavy atom. The smallest absolute Gasteiger partial charge is 0.252 e. The fraction of sp³-hybridized carbons (Fsp3) is 0.600. The number of aromatic nitrogens is 1. The van der Waals surface area contributed by atoms with Gasteiger partial charge in [0.1, 0.15) is 5.82 Å². The van der Waals surface area contributed by atoms with Gasteiger partial charge in [0.25, 0.3) is 5.91 Å². The number of carbonyl (C=O) groups is 1. The number of hydrogen-bond acceptors (Lipinski definition) is 3. The monoisotopic (exact) mass is 297 g/mol. The van der Waals surface area contributed by atoms with Crippen LogP contribution in [0.5, 0.6) is 0 Å². The minimum atomic E-state index is -0.142. The molecule has 0 aliphatic rings. The van der Waals surface area contributed by atoms with Crippen molar-refractivity contribution in [2.24, 2.45) is 11.3 Å². The second-order valence-electron chi connectivity index (χ2n) is 5.91. The van der Waals surface area contributed by atoms with Crippen LogP contribution in [0.3, 0.4) is 0 Å². The van der Waals surface area contributed by atoms with Gasteiger partial charge in [-0.3, -0.25) is 4.79 Å². The Bertz CT molecular complexity index is 472. The average molecular weight is 298 g/mol. The number of hydrogen-bond donors (Lipinski definition) is 2. The molecule has 0 radical (unpaired) electrons. The van der Waals surface area contributed by atoms with Gasteiger partial charge < -0.3 is 10.6 Å². The molecule has 20 heavy (non-hydrogen) atoms. The maximum Gasteiger partial charge on any atom is 0.252 e. The topological polar surface area (TPSA) is 54.0 Å². The van der Waals surface area contributed by atoms with Gasteiger partial charge in [0.15, 0.2) is 0 Å². The van der Waals surface area contributed by atoms with Gasteiger partial charge in [0.05, 0.1) is 10.6 Å². The summed E-state index contributed by atoms with van der Waals surface area (Å²) in [5, 5.41) is 6.44. The number of carbonyl (C=O) groups excluding carboxylic acids is 1. The Hall–Kier alpha value is -1.29. The maximum atomic E-state index is 12.1. The lowest BCUT2D eigenvalue weighted by atomic mass is 9.81. The van der Waals surface area contributed by atoms with Gasteiger partial charge in [-0.15, -0.1) is 0 Å². The Labute approximate surface area is 126 Å². The van der Waals surface area contributed by atoms with E-state index in [0.717, 1.165) is 6.54 Å². The van der Waals surface area contributed by atoms with E-state index in [1.807, 2.05) is 6.92 Å². The van der Waals surface area contributed by atoms with Crippen molar-refractivity contribution in [1.29, 1.82) is 0 Å². The Kier molecular flexibility index (Phi) is 5.81. The second kappa shape index (κ2) is 6.93. The van der Waals surface area contributed by atoms with Crippen molar-refractivity contribution >= 4 is 23.3 Å². The molecule has 0 unspecified atom stereocenters. The average Bonchev–Trinajstić information content (AvgIpc) is 2.38. The van der Waals surface area contributed by atoms with Gasteiger partial charge in [-0.1, -0.05) is 39.3 Å². The highest BCUT2D eigenvalue weighted by Gasteiger charge is 2.23. The first-order valence-electron chi connectivity index (χ1n) is 6.95. The van der Waals surface area contributed by atoms with Crippen molar-refractivity contribution in [1.82, 2.24) is 10.3 Å². The third-order valence-corrected chi connectivity index (χ3v) is 4.00. The molecule has 112 valence electrons. The number of nitrogens with zero attached hydrogens (tertiary/aromatic N) is 1. The summed E-state index contributed by atoms with van der Waals surface area (Å²) in [6.07, 6.45) is 1.54. The molecule has 0 saturated heterocycles. The lowest BCUT2D eigenvalue weighted by molar-refractivity contribution is 0.0924. The maximum absolute atomic E-state index is 12.1. The zero-order valence-electron chi connectivity index (χ0n) is 12.9. The van der Waals surface area contributed by atoms with E-state index in [-0.39, 0.29) is 11.3 Å². The molecular weight excluding hydrogens is 274 g/mol. The molecule has 1 heterocycles. The van der Waals surface area contributed by atoms with Crippen LogP contribution in [0, 0.1) is 11.3 Å². The lowest BCUT2D eigenvalue weighted by Gasteiger charge is -2.29. The van der Waals surface area contributed by atoms with Gasteiger partial charge in [0, 0.05) is 19.3 Å².